The van der Waals surface area contributed by atoms with Gasteiger partial charge in [0.15, 0.2) is 0 Å². The molecule has 1 aliphatic heterocycles. The molecular formula is C14H19Cl2N3O2. The highest BCUT2D eigenvalue weighted by molar-refractivity contribution is 6.33. The molecule has 0 bridgehead atoms. The van der Waals surface area contributed by atoms with Crippen molar-refractivity contribution >= 4 is 41.5 Å². The number of anilines is 1. The third-order valence-corrected chi connectivity index (χ3v) is 3.64. The highest BCUT2D eigenvalue weighted by atomic mass is 35.5. The van der Waals surface area contributed by atoms with E-state index in [1.807, 2.05) is 12.1 Å². The van der Waals surface area contributed by atoms with E-state index in [2.05, 4.69) is 5.32 Å². The van der Waals surface area contributed by atoms with E-state index < -0.39 is 0 Å². The third-order valence-electron chi connectivity index (χ3n) is 3.32. The predicted molar refractivity (Wildman–Crippen MR) is 85.8 cm³/mol. The van der Waals surface area contributed by atoms with Gasteiger partial charge in [0.05, 0.1) is 16.6 Å². The molecule has 0 aliphatic carbocycles. The number of carbonyl (C=O) groups excluding carboxylic acids is 2. The zero-order chi connectivity index (χ0) is 14.5. The molecule has 2 amide bonds. The fourth-order valence-corrected chi connectivity index (χ4v) is 2.48. The minimum Gasteiger partial charge on any atom is -0.356 e. The number of nitrogens with one attached hydrogen (secondary N) is 1. The molecule has 3 N–H and O–H groups in total. The van der Waals surface area contributed by atoms with Gasteiger partial charge in [-0.3, -0.25) is 9.59 Å². The Bertz CT molecular complexity index is 511. The molecule has 0 spiro atoms. The Balaban J connectivity index is 0.00000220. The van der Waals surface area contributed by atoms with Gasteiger partial charge in [-0.1, -0.05) is 23.7 Å². The largest absolute Gasteiger partial charge is 0.356 e. The van der Waals surface area contributed by atoms with E-state index >= 15 is 0 Å². The molecule has 21 heavy (non-hydrogen) atoms. The van der Waals surface area contributed by atoms with Gasteiger partial charge in [-0.05, 0) is 25.1 Å². The summed E-state index contributed by atoms with van der Waals surface area (Å²) < 4.78 is 0. The van der Waals surface area contributed by atoms with Crippen molar-refractivity contribution in [2.24, 2.45) is 11.7 Å². The molecule has 2 rings (SSSR count). The van der Waals surface area contributed by atoms with Crippen molar-refractivity contribution in [2.75, 3.05) is 24.5 Å². The molecule has 1 aliphatic rings. The highest BCUT2D eigenvalue weighted by Crippen LogP contribution is 2.30. The Labute approximate surface area is 135 Å². The second-order valence-electron chi connectivity index (χ2n) is 4.79. The monoisotopic (exact) mass is 331 g/mol. The van der Waals surface area contributed by atoms with Crippen LogP contribution in [0.4, 0.5) is 5.69 Å². The van der Waals surface area contributed by atoms with Gasteiger partial charge in [0.1, 0.15) is 0 Å². The van der Waals surface area contributed by atoms with Crippen LogP contribution < -0.4 is 16.0 Å². The molecule has 1 fully saturated rings. The average molecular weight is 332 g/mol. The second-order valence-corrected chi connectivity index (χ2v) is 5.20. The van der Waals surface area contributed by atoms with Crippen LogP contribution in [0.2, 0.25) is 5.02 Å². The van der Waals surface area contributed by atoms with Crippen LogP contribution in [0, 0.1) is 5.92 Å². The van der Waals surface area contributed by atoms with Gasteiger partial charge in [0, 0.05) is 19.5 Å². The first-order valence-electron chi connectivity index (χ1n) is 6.66. The van der Waals surface area contributed by atoms with E-state index in [0.29, 0.717) is 30.3 Å². The summed E-state index contributed by atoms with van der Waals surface area (Å²) in [6, 6.07) is 7.15. The Morgan fingerprint density at radius 2 is 2.14 bits per heavy atom. The highest BCUT2D eigenvalue weighted by Gasteiger charge is 2.35. The fraction of sp³-hybridized carbons (Fsp3) is 0.429. The van der Waals surface area contributed by atoms with E-state index in [0.717, 1.165) is 6.42 Å². The van der Waals surface area contributed by atoms with Crippen molar-refractivity contribution in [3.63, 3.8) is 0 Å². The number of hydrogen-bond acceptors (Lipinski definition) is 3. The summed E-state index contributed by atoms with van der Waals surface area (Å²) in [6.07, 6.45) is 0.959. The molecule has 116 valence electrons. The van der Waals surface area contributed by atoms with Gasteiger partial charge in [-0.2, -0.15) is 0 Å². The number of para-hydroxylation sites is 1. The summed E-state index contributed by atoms with van der Waals surface area (Å²) >= 11 is 6.09. The number of rotatable bonds is 5. The minimum absolute atomic E-state index is 0. The van der Waals surface area contributed by atoms with Crippen molar-refractivity contribution in [3.05, 3.63) is 29.3 Å². The Morgan fingerprint density at radius 1 is 1.43 bits per heavy atom. The standard InChI is InChI=1S/C14H18ClN3O2.ClH/c15-11-4-1-2-5-12(11)18-9-10(8-13(18)19)14(20)17-7-3-6-16;/h1-2,4-5,10H,3,6-9,16H2,(H,17,20);1H. The van der Waals surface area contributed by atoms with Crippen molar-refractivity contribution in [3.8, 4) is 0 Å². The van der Waals surface area contributed by atoms with Crippen LogP contribution in [-0.2, 0) is 9.59 Å². The molecule has 1 atom stereocenters. The predicted octanol–water partition coefficient (Wildman–Crippen LogP) is 1.58. The maximum absolute atomic E-state index is 12.0. The van der Waals surface area contributed by atoms with E-state index in [9.17, 15) is 9.59 Å². The number of hydrogen-bond donors (Lipinski definition) is 2. The molecule has 0 radical (unpaired) electrons. The number of nitrogens with two attached hydrogens (primary N) is 1. The lowest BCUT2D eigenvalue weighted by Gasteiger charge is -2.18. The van der Waals surface area contributed by atoms with Crippen molar-refractivity contribution in [1.29, 1.82) is 0 Å². The number of nitrogens with zero attached hydrogens (tertiary/aromatic N) is 1. The van der Waals surface area contributed by atoms with Gasteiger partial charge in [0.2, 0.25) is 11.8 Å². The first kappa shape index (κ1) is 17.8. The quantitative estimate of drug-likeness (QED) is 0.804. The molecule has 1 heterocycles. The van der Waals surface area contributed by atoms with Crippen LogP contribution in [-0.4, -0.2) is 31.4 Å². The summed E-state index contributed by atoms with van der Waals surface area (Å²) in [5.41, 5.74) is 6.04. The summed E-state index contributed by atoms with van der Waals surface area (Å²) in [4.78, 5) is 25.6. The number of carbonyl (C=O) groups is 2. The lowest BCUT2D eigenvalue weighted by Crippen LogP contribution is -2.34. The smallest absolute Gasteiger partial charge is 0.227 e. The maximum Gasteiger partial charge on any atom is 0.227 e. The third kappa shape index (κ3) is 4.33. The minimum atomic E-state index is -0.323. The van der Waals surface area contributed by atoms with Crippen LogP contribution in [0.15, 0.2) is 24.3 Å². The Morgan fingerprint density at radius 3 is 2.81 bits per heavy atom. The lowest BCUT2D eigenvalue weighted by atomic mass is 10.1. The molecule has 5 nitrogen and oxygen atoms in total. The van der Waals surface area contributed by atoms with Gasteiger partial charge in [0.25, 0.3) is 0 Å². The molecule has 1 aromatic carbocycles. The van der Waals surface area contributed by atoms with E-state index in [1.165, 1.54) is 0 Å². The van der Waals surface area contributed by atoms with Crippen LogP contribution in [0.1, 0.15) is 12.8 Å². The van der Waals surface area contributed by atoms with Crippen LogP contribution >= 0.6 is 24.0 Å². The number of amides is 2. The van der Waals surface area contributed by atoms with E-state index in [4.69, 9.17) is 17.3 Å². The number of benzene rings is 1. The van der Waals surface area contributed by atoms with Gasteiger partial charge >= 0.3 is 0 Å². The topological polar surface area (TPSA) is 75.4 Å². The average Bonchev–Trinajstić information content (AvgIpc) is 2.81. The van der Waals surface area contributed by atoms with Crippen LogP contribution in [0.3, 0.4) is 0 Å². The summed E-state index contributed by atoms with van der Waals surface area (Å²) in [5.74, 6) is -0.491. The fourth-order valence-electron chi connectivity index (χ4n) is 2.24. The van der Waals surface area contributed by atoms with Crippen LogP contribution in [0.25, 0.3) is 0 Å². The van der Waals surface area contributed by atoms with E-state index in [-0.39, 0.29) is 36.6 Å². The molecular weight excluding hydrogens is 313 g/mol. The first-order chi connectivity index (χ1) is 9.63. The zero-order valence-corrected chi connectivity index (χ0v) is 13.1. The Hall–Kier alpha value is -1.30. The van der Waals surface area contributed by atoms with E-state index in [1.54, 1.807) is 17.0 Å². The number of halogens is 2. The molecule has 0 aromatic heterocycles. The normalized spacial score (nSPS) is 17.5. The van der Waals surface area contributed by atoms with Gasteiger partial charge < -0.3 is 16.0 Å². The Kier molecular flexibility index (Phi) is 6.95. The van der Waals surface area contributed by atoms with Crippen molar-refractivity contribution < 1.29 is 9.59 Å². The molecule has 1 aromatic rings. The summed E-state index contributed by atoms with van der Waals surface area (Å²) in [6.45, 7) is 1.46. The van der Waals surface area contributed by atoms with Gasteiger partial charge in [-0.15, -0.1) is 12.4 Å². The maximum atomic E-state index is 12.0. The zero-order valence-electron chi connectivity index (χ0n) is 11.5. The molecule has 7 heteroatoms. The van der Waals surface area contributed by atoms with Crippen molar-refractivity contribution in [2.45, 2.75) is 12.8 Å². The molecule has 1 unspecified atom stereocenters. The molecule has 1 saturated heterocycles. The van der Waals surface area contributed by atoms with Crippen molar-refractivity contribution in [1.82, 2.24) is 5.32 Å². The summed E-state index contributed by atoms with van der Waals surface area (Å²) in [5, 5.41) is 3.32. The summed E-state index contributed by atoms with van der Waals surface area (Å²) in [7, 11) is 0. The SMILES string of the molecule is Cl.NCCCNC(=O)C1CC(=O)N(c2ccccc2Cl)C1. The lowest BCUT2D eigenvalue weighted by molar-refractivity contribution is -0.126. The van der Waals surface area contributed by atoms with Gasteiger partial charge in [-0.25, -0.2) is 0 Å². The molecule has 0 saturated carbocycles. The second kappa shape index (κ2) is 8.22. The van der Waals surface area contributed by atoms with Crippen LogP contribution in [0.5, 0.6) is 0 Å². The first-order valence-corrected chi connectivity index (χ1v) is 7.04.